The van der Waals surface area contributed by atoms with Crippen LogP contribution in [-0.2, 0) is 0 Å². The number of alkyl halides is 3. The van der Waals surface area contributed by atoms with Crippen molar-refractivity contribution in [1.29, 1.82) is 0 Å². The Hall–Kier alpha value is -0.820. The lowest BCUT2D eigenvalue weighted by Gasteiger charge is -2.31. The van der Waals surface area contributed by atoms with E-state index in [1.165, 1.54) is 0 Å². The minimum Gasteiger partial charge on any atom is -0.395 e. The quantitative estimate of drug-likeness (QED) is 0.846. The van der Waals surface area contributed by atoms with Crippen molar-refractivity contribution in [3.63, 3.8) is 0 Å². The van der Waals surface area contributed by atoms with E-state index in [-0.39, 0.29) is 19.7 Å². The van der Waals surface area contributed by atoms with Crippen molar-refractivity contribution in [3.8, 4) is 0 Å². The van der Waals surface area contributed by atoms with Gasteiger partial charge in [0.25, 0.3) is 0 Å². The van der Waals surface area contributed by atoms with Gasteiger partial charge in [-0.05, 0) is 17.7 Å². The molecular weight excluding hydrogens is 281 g/mol. The first-order valence-corrected chi connectivity index (χ1v) is 6.12. The van der Waals surface area contributed by atoms with E-state index in [0.717, 1.165) is 4.90 Å². The number of hydrogen-bond donors (Lipinski definition) is 2. The van der Waals surface area contributed by atoms with Crippen LogP contribution < -0.4 is 5.73 Å². The van der Waals surface area contributed by atoms with Crippen molar-refractivity contribution < 1.29 is 18.3 Å². The van der Waals surface area contributed by atoms with Gasteiger partial charge in [0, 0.05) is 24.2 Å². The summed E-state index contributed by atoms with van der Waals surface area (Å²) in [6.07, 6.45) is -4.35. The lowest BCUT2D eigenvalue weighted by Crippen LogP contribution is -2.41. The van der Waals surface area contributed by atoms with Crippen LogP contribution in [0.3, 0.4) is 0 Å². The van der Waals surface area contributed by atoms with Crippen LogP contribution in [0.4, 0.5) is 13.2 Å². The SMILES string of the molecule is NCC(c1cccc(Cl)c1)N(CCO)CC(F)(F)F. The molecule has 0 aliphatic heterocycles. The Bertz CT molecular complexity index is 401. The molecule has 1 unspecified atom stereocenters. The Kier molecular flexibility index (Phi) is 6.06. The van der Waals surface area contributed by atoms with Crippen molar-refractivity contribution in [1.82, 2.24) is 4.90 Å². The number of nitrogens with two attached hydrogens (primary N) is 1. The molecule has 1 aromatic rings. The first-order chi connectivity index (χ1) is 8.87. The second-order valence-corrected chi connectivity index (χ2v) is 4.55. The molecule has 0 saturated heterocycles. The molecule has 0 spiro atoms. The highest BCUT2D eigenvalue weighted by Gasteiger charge is 2.33. The van der Waals surface area contributed by atoms with Crippen molar-refractivity contribution in [2.75, 3.05) is 26.2 Å². The van der Waals surface area contributed by atoms with E-state index in [1.54, 1.807) is 24.3 Å². The smallest absolute Gasteiger partial charge is 0.395 e. The number of rotatable bonds is 6. The normalized spacial score (nSPS) is 13.8. The predicted molar refractivity (Wildman–Crippen MR) is 68.0 cm³/mol. The minimum absolute atomic E-state index is 0.0103. The zero-order chi connectivity index (χ0) is 14.5. The predicted octanol–water partition coefficient (Wildman–Crippen LogP) is 2.20. The van der Waals surface area contributed by atoms with E-state index in [1.807, 2.05) is 0 Å². The van der Waals surface area contributed by atoms with Crippen LogP contribution in [0.25, 0.3) is 0 Å². The van der Waals surface area contributed by atoms with Gasteiger partial charge in [0.05, 0.1) is 13.2 Å². The summed E-state index contributed by atoms with van der Waals surface area (Å²) in [7, 11) is 0. The molecule has 0 heterocycles. The van der Waals surface area contributed by atoms with Gasteiger partial charge in [0.15, 0.2) is 0 Å². The number of hydrogen-bond acceptors (Lipinski definition) is 3. The van der Waals surface area contributed by atoms with Crippen molar-refractivity contribution in [2.45, 2.75) is 12.2 Å². The second kappa shape index (κ2) is 7.09. The van der Waals surface area contributed by atoms with Gasteiger partial charge in [-0.2, -0.15) is 13.2 Å². The maximum Gasteiger partial charge on any atom is 0.401 e. The van der Waals surface area contributed by atoms with Gasteiger partial charge < -0.3 is 10.8 Å². The number of halogens is 4. The number of aliphatic hydroxyl groups excluding tert-OH is 1. The summed E-state index contributed by atoms with van der Waals surface area (Å²) >= 11 is 5.83. The summed E-state index contributed by atoms with van der Waals surface area (Å²) in [6, 6.07) is 5.92. The third-order valence-electron chi connectivity index (χ3n) is 2.67. The van der Waals surface area contributed by atoms with E-state index in [0.29, 0.717) is 10.6 Å². The van der Waals surface area contributed by atoms with Crippen LogP contribution >= 0.6 is 11.6 Å². The van der Waals surface area contributed by atoms with E-state index in [9.17, 15) is 13.2 Å². The molecule has 0 fully saturated rings. The summed E-state index contributed by atoms with van der Waals surface area (Å²) in [5.41, 5.74) is 6.18. The lowest BCUT2D eigenvalue weighted by molar-refractivity contribution is -0.151. The van der Waals surface area contributed by atoms with E-state index in [4.69, 9.17) is 22.4 Å². The van der Waals surface area contributed by atoms with Crippen LogP contribution in [0.15, 0.2) is 24.3 Å². The highest BCUT2D eigenvalue weighted by atomic mass is 35.5. The standard InChI is InChI=1S/C12H16ClF3N2O/c13-10-3-1-2-9(6-10)11(7-17)18(4-5-19)8-12(14,15)16/h1-3,6,11,19H,4-5,7-8,17H2. The topological polar surface area (TPSA) is 49.5 Å². The Morgan fingerprint density at radius 3 is 2.53 bits per heavy atom. The molecule has 0 aromatic heterocycles. The molecule has 19 heavy (non-hydrogen) atoms. The fourth-order valence-electron chi connectivity index (χ4n) is 1.91. The molecule has 3 N–H and O–H groups in total. The van der Waals surface area contributed by atoms with Crippen LogP contribution in [0.5, 0.6) is 0 Å². The zero-order valence-corrected chi connectivity index (χ0v) is 11.0. The highest BCUT2D eigenvalue weighted by molar-refractivity contribution is 6.30. The van der Waals surface area contributed by atoms with Gasteiger partial charge in [0.1, 0.15) is 0 Å². The molecule has 0 aliphatic carbocycles. The van der Waals surface area contributed by atoms with Crippen LogP contribution in [-0.4, -0.2) is 42.4 Å². The average Bonchev–Trinajstić information content (AvgIpc) is 2.28. The summed E-state index contributed by atoms with van der Waals surface area (Å²) in [6.45, 7) is -1.58. The van der Waals surface area contributed by atoms with Gasteiger partial charge >= 0.3 is 6.18 Å². The van der Waals surface area contributed by atoms with Crippen LogP contribution in [0.2, 0.25) is 5.02 Å². The molecule has 1 aromatic carbocycles. The molecule has 0 amide bonds. The average molecular weight is 297 g/mol. The van der Waals surface area contributed by atoms with Gasteiger partial charge in [0.2, 0.25) is 0 Å². The molecule has 0 saturated carbocycles. The summed E-state index contributed by atoms with van der Waals surface area (Å²) in [5.74, 6) is 0. The van der Waals surface area contributed by atoms with Gasteiger partial charge in [-0.25, -0.2) is 0 Å². The van der Waals surface area contributed by atoms with Crippen molar-refractivity contribution >= 4 is 11.6 Å². The second-order valence-electron chi connectivity index (χ2n) is 4.12. The molecule has 108 valence electrons. The molecule has 7 heteroatoms. The highest BCUT2D eigenvalue weighted by Crippen LogP contribution is 2.26. The Morgan fingerprint density at radius 1 is 1.37 bits per heavy atom. The van der Waals surface area contributed by atoms with Gasteiger partial charge in [-0.3, -0.25) is 4.90 Å². The van der Waals surface area contributed by atoms with Crippen LogP contribution in [0.1, 0.15) is 11.6 Å². The largest absolute Gasteiger partial charge is 0.401 e. The third-order valence-corrected chi connectivity index (χ3v) is 2.90. The molecule has 0 radical (unpaired) electrons. The summed E-state index contributed by atoms with van der Waals surface area (Å²) in [5, 5.41) is 9.34. The van der Waals surface area contributed by atoms with E-state index < -0.39 is 18.8 Å². The molecular formula is C12H16ClF3N2O. The van der Waals surface area contributed by atoms with E-state index >= 15 is 0 Å². The summed E-state index contributed by atoms with van der Waals surface area (Å²) in [4.78, 5) is 1.10. The summed E-state index contributed by atoms with van der Waals surface area (Å²) < 4.78 is 37.6. The van der Waals surface area contributed by atoms with Crippen molar-refractivity contribution in [2.24, 2.45) is 5.73 Å². The maximum atomic E-state index is 12.5. The Morgan fingerprint density at radius 2 is 2.05 bits per heavy atom. The Labute approximate surface area is 114 Å². The molecule has 1 rings (SSSR count). The molecule has 3 nitrogen and oxygen atoms in total. The van der Waals surface area contributed by atoms with E-state index in [2.05, 4.69) is 0 Å². The lowest BCUT2D eigenvalue weighted by atomic mass is 10.1. The minimum atomic E-state index is -4.35. The zero-order valence-electron chi connectivity index (χ0n) is 10.2. The van der Waals surface area contributed by atoms with Crippen molar-refractivity contribution in [3.05, 3.63) is 34.9 Å². The molecule has 1 atom stereocenters. The molecule has 0 bridgehead atoms. The van der Waals surface area contributed by atoms with Gasteiger partial charge in [-0.1, -0.05) is 23.7 Å². The monoisotopic (exact) mass is 296 g/mol. The first kappa shape index (κ1) is 16.2. The van der Waals surface area contributed by atoms with Crippen LogP contribution in [0, 0.1) is 0 Å². The molecule has 0 aliphatic rings. The first-order valence-electron chi connectivity index (χ1n) is 5.74. The van der Waals surface area contributed by atoms with Gasteiger partial charge in [-0.15, -0.1) is 0 Å². The fraction of sp³-hybridized carbons (Fsp3) is 0.500. The Balaban J connectivity index is 2.96. The maximum absolute atomic E-state index is 12.5. The fourth-order valence-corrected chi connectivity index (χ4v) is 2.11. The number of aliphatic hydroxyl groups is 1. The number of benzene rings is 1. The third kappa shape index (κ3) is 5.36. The number of nitrogens with zero attached hydrogens (tertiary/aromatic N) is 1.